The zero-order valence-electron chi connectivity index (χ0n) is 3.19. The van der Waals surface area contributed by atoms with Crippen LogP contribution in [-0.2, 0) is 0 Å². The van der Waals surface area contributed by atoms with Crippen LogP contribution >= 0.6 is 19.1 Å². The molecular weight excluding hydrogens is 191 g/mol. The molecule has 0 unspecified atom stereocenters. The Bertz CT molecular complexity index is 141. The molecule has 0 amide bonds. The van der Waals surface area contributed by atoms with E-state index in [-0.39, 0.29) is 0 Å². The van der Waals surface area contributed by atoms with Gasteiger partial charge in [0.25, 0.3) is 0 Å². The van der Waals surface area contributed by atoms with Crippen molar-refractivity contribution in [3.05, 3.63) is 0 Å². The molecule has 0 aromatic rings. The largest absolute Gasteiger partial charge is 0.347 e. The van der Waals surface area contributed by atoms with Crippen LogP contribution < -0.4 is 5.32 Å². The molecule has 0 fully saturated rings. The Morgan fingerprint density at radius 1 is 1.83 bits per heavy atom. The minimum absolute atomic E-state index is 1.11. The molecule has 2 nitrogen and oxygen atoms in total. The predicted octanol–water partition coefficient (Wildman–Crippen LogP) is 0.231. The molecule has 1 aliphatic rings. The molecule has 0 aromatic carbocycles. The van der Waals surface area contributed by atoms with Crippen LogP contribution in [0.3, 0.4) is 0 Å². The van der Waals surface area contributed by atoms with Gasteiger partial charge < -0.3 is 5.32 Å². The third kappa shape index (κ3) is 0.707. The van der Waals surface area contributed by atoms with E-state index in [0.29, 0.717) is 0 Å². The zero-order valence-corrected chi connectivity index (χ0v) is 5.34. The second-order valence-electron chi connectivity index (χ2n) is 0.874. The molecule has 34 valence electrons. The first-order valence-corrected chi connectivity index (χ1v) is 5.23. The Hall–Kier alpha value is -0.0600. The molecule has 0 aromatic heterocycles. The van der Waals surface area contributed by atoms with Gasteiger partial charge in [0.2, 0.25) is 0 Å². The van der Waals surface area contributed by atoms with Crippen molar-refractivity contribution in [1.82, 2.24) is 5.32 Å². The highest BCUT2D eigenvalue weighted by atomic mass is 127. The Morgan fingerprint density at radius 2 is 2.67 bits per heavy atom. The molecule has 0 aliphatic carbocycles. The van der Waals surface area contributed by atoms with Crippen LogP contribution in [0, 0.1) is 0 Å². The van der Waals surface area contributed by atoms with Gasteiger partial charge in [0, 0.05) is 4.14 Å². The van der Waals surface area contributed by atoms with E-state index in [1.165, 1.54) is 0 Å². The first-order chi connectivity index (χ1) is 2.89. The molecule has 1 aliphatic heterocycles. The Balaban J connectivity index is 2.96. The number of hydrogen-bond donors (Lipinski definition) is 1. The summed E-state index contributed by atoms with van der Waals surface area (Å²) in [6, 6.07) is 0. The van der Waals surface area contributed by atoms with Gasteiger partial charge in [-0.05, 0) is 19.1 Å². The maximum atomic E-state index is 3.99. The second-order valence-corrected chi connectivity index (χ2v) is 4.17. The Kier molecular flexibility index (Phi) is 1.09. The lowest BCUT2D eigenvalue weighted by molar-refractivity contribution is 1.54. The number of nitrogens with one attached hydrogen (secondary N) is 1. The molecular formula is C3H5IN2. The third-order valence-corrected chi connectivity index (χ3v) is 2.51. The van der Waals surface area contributed by atoms with Gasteiger partial charge >= 0.3 is 0 Å². The van der Waals surface area contributed by atoms with Gasteiger partial charge in [0.05, 0.1) is 6.34 Å². The van der Waals surface area contributed by atoms with Crippen LogP contribution in [0.1, 0.15) is 0 Å². The third-order valence-electron chi connectivity index (χ3n) is 0.438. The summed E-state index contributed by atoms with van der Waals surface area (Å²) in [7, 11) is 0. The van der Waals surface area contributed by atoms with Crippen molar-refractivity contribution in [3.8, 4) is 0 Å². The highest BCUT2D eigenvalue weighted by molar-refractivity contribution is 14.2. The average Bonchev–Trinajstić information content (AvgIpc) is 1.86. The zero-order chi connectivity index (χ0) is 4.41. The van der Waals surface area contributed by atoms with E-state index in [4.69, 9.17) is 0 Å². The van der Waals surface area contributed by atoms with E-state index < -0.39 is 19.1 Å². The predicted molar refractivity (Wildman–Crippen MR) is 38.8 cm³/mol. The molecule has 1 heterocycles. The summed E-state index contributed by atoms with van der Waals surface area (Å²) in [6.07, 6.45) is 1.71. The van der Waals surface area contributed by atoms with Crippen LogP contribution in [0.25, 0.3) is 0 Å². The van der Waals surface area contributed by atoms with Crippen molar-refractivity contribution in [2.45, 2.75) is 0 Å². The van der Waals surface area contributed by atoms with E-state index in [0.717, 1.165) is 0 Å². The van der Waals surface area contributed by atoms with Crippen molar-refractivity contribution in [2.75, 3.05) is 0 Å². The summed E-state index contributed by atoms with van der Waals surface area (Å²) in [5, 5.41) is 2.86. The topological polar surface area (TPSA) is 24.4 Å². The van der Waals surface area contributed by atoms with E-state index in [2.05, 4.69) is 13.0 Å². The molecule has 6 heavy (non-hydrogen) atoms. The van der Waals surface area contributed by atoms with Gasteiger partial charge in [-0.15, -0.1) is 0 Å². The summed E-state index contributed by atoms with van der Waals surface area (Å²) >= 11 is -1.11. The molecule has 1 N–H and O–H groups in total. The maximum Gasteiger partial charge on any atom is 0.0979 e. The minimum Gasteiger partial charge on any atom is -0.347 e. The van der Waals surface area contributed by atoms with Crippen molar-refractivity contribution < 1.29 is 0 Å². The van der Waals surface area contributed by atoms with Crippen LogP contribution in [0.5, 0.6) is 0 Å². The Labute approximate surface area is 43.0 Å². The van der Waals surface area contributed by atoms with E-state index in [9.17, 15) is 0 Å². The fraction of sp³-hybridized carbons (Fsp3) is 0. The average molecular weight is 196 g/mol. The summed E-state index contributed by atoms with van der Waals surface area (Å²) in [5.41, 5.74) is 0. The standard InChI is InChI=1S/C3H5IN2/c1-4-2-5-3-6-4/h2-3H,1H2,(H,5,6). The fourth-order valence-electron chi connectivity index (χ4n) is 0.220. The molecule has 0 bridgehead atoms. The fourth-order valence-corrected chi connectivity index (χ4v) is 1.48. The summed E-state index contributed by atoms with van der Waals surface area (Å²) < 4.78 is 9.74. The smallest absolute Gasteiger partial charge is 0.0979 e. The van der Waals surface area contributed by atoms with E-state index in [1.807, 2.05) is 4.14 Å². The van der Waals surface area contributed by atoms with Crippen molar-refractivity contribution in [1.29, 1.82) is 0 Å². The van der Waals surface area contributed by atoms with Crippen LogP contribution in [0.2, 0.25) is 0 Å². The first-order valence-electron chi connectivity index (χ1n) is 1.49. The molecule has 1 rings (SSSR count). The highest BCUT2D eigenvalue weighted by Crippen LogP contribution is 2.05. The molecule has 0 spiro atoms. The van der Waals surface area contributed by atoms with Crippen LogP contribution in [-0.4, -0.2) is 15.0 Å². The highest BCUT2D eigenvalue weighted by Gasteiger charge is 1.75. The van der Waals surface area contributed by atoms with Crippen molar-refractivity contribution in [2.24, 2.45) is 3.21 Å². The summed E-state index contributed by atoms with van der Waals surface area (Å²) in [5.74, 6) is 0. The summed E-state index contributed by atoms with van der Waals surface area (Å²) in [6.45, 7) is 0. The van der Waals surface area contributed by atoms with Crippen LogP contribution in [0.4, 0.5) is 0 Å². The van der Waals surface area contributed by atoms with Gasteiger partial charge in [-0.2, -0.15) is 0 Å². The van der Waals surface area contributed by atoms with Crippen molar-refractivity contribution >= 4 is 34.1 Å². The SMILES string of the molecule is C=I1=CNC=N1. The normalized spacial score (nSPS) is 20.0. The van der Waals surface area contributed by atoms with Crippen molar-refractivity contribution in [3.63, 3.8) is 0 Å². The van der Waals surface area contributed by atoms with E-state index >= 15 is 0 Å². The Morgan fingerprint density at radius 3 is 2.83 bits per heavy atom. The first kappa shape index (κ1) is 4.11. The molecule has 0 saturated heterocycles. The molecule has 0 atom stereocenters. The van der Waals surface area contributed by atoms with Gasteiger partial charge in [-0.1, -0.05) is 4.51 Å². The number of hydrogen-bond acceptors (Lipinski definition) is 2. The molecule has 0 saturated carbocycles. The summed E-state index contributed by atoms with van der Waals surface area (Å²) in [4.78, 5) is 0. The quantitative estimate of drug-likeness (QED) is 0.551. The van der Waals surface area contributed by atoms with Crippen LogP contribution in [0.15, 0.2) is 3.21 Å². The lowest BCUT2D eigenvalue weighted by Crippen LogP contribution is -1.99. The minimum atomic E-state index is -1.11. The maximum absolute atomic E-state index is 3.99. The van der Waals surface area contributed by atoms with E-state index in [1.54, 1.807) is 6.34 Å². The molecule has 3 heteroatoms. The second kappa shape index (κ2) is 1.59. The number of nitrogens with zero attached hydrogens (tertiary/aromatic N) is 1. The lowest BCUT2D eigenvalue weighted by Gasteiger charge is -1.66. The lowest BCUT2D eigenvalue weighted by atomic mass is 11.2. The number of rotatable bonds is 0. The molecule has 0 radical (unpaired) electrons. The monoisotopic (exact) mass is 196 g/mol. The van der Waals surface area contributed by atoms with Gasteiger partial charge in [0.1, 0.15) is 0 Å². The number of halogens is 1. The van der Waals surface area contributed by atoms with Gasteiger partial charge in [-0.3, -0.25) is 0 Å². The van der Waals surface area contributed by atoms with Gasteiger partial charge in [0.15, 0.2) is 0 Å². The van der Waals surface area contributed by atoms with Gasteiger partial charge in [-0.25, -0.2) is 3.21 Å².